The molecule has 70 heavy (non-hydrogen) atoms. The molecule has 4 aliphatic rings. The van der Waals surface area contributed by atoms with Crippen LogP contribution in [0, 0.1) is 23.2 Å². The van der Waals surface area contributed by atoms with E-state index in [9.17, 15) is 29.1 Å². The molecular weight excluding hydrogens is 899 g/mol. The van der Waals surface area contributed by atoms with E-state index in [1.165, 1.54) is 4.90 Å². The fourth-order valence-electron chi connectivity index (χ4n) is 9.82. The lowest BCUT2D eigenvalue weighted by molar-refractivity contribution is -0.146. The van der Waals surface area contributed by atoms with Gasteiger partial charge >= 0.3 is 18.2 Å². The smallest absolute Gasteiger partial charge is 0.410 e. The number of alkyl carbamates (subject to hydrolysis) is 1. The van der Waals surface area contributed by atoms with Gasteiger partial charge in [-0.25, -0.2) is 24.0 Å². The number of aliphatic carboxylic acids is 1. The van der Waals surface area contributed by atoms with Gasteiger partial charge in [0.05, 0.1) is 12.1 Å². The number of pyridine rings is 1. The maximum atomic E-state index is 14.9. The highest BCUT2D eigenvalue weighted by molar-refractivity contribution is 5.96. The molecule has 1 unspecified atom stereocenters. The third kappa shape index (κ3) is 12.4. The molecular formula is C51H75N9O10. The van der Waals surface area contributed by atoms with Crippen molar-refractivity contribution in [2.75, 3.05) is 51.2 Å². The number of hydrogen-bond donors (Lipinski definition) is 4. The number of anilines is 1. The standard InChI is InChI=1S/C51H75N9O10/c1-12-33-28-51(33,46(63)64)55-44(61)39-26-36(29-59(39)45(62)43(49(6,7)8)54-47(65)69-35-23-31(4)32(5)24-35)68-40-27-42(60-16-15-41(56-60)52-30(2)3)53-38-25-34(13-14-37(38)40)67-22-21-57-17-19-58(20-18-57)48(66)70-50(9,10)11/h13-16,25,27,30-33,35-36,39,43H,12,17-24,26,28-29H2,1-11H3,(H,52,56)(H,54,65)(H,55,61)(H,63,64)/t31-,32+,33-,35?,36-,39+,43-,51-/m1/s1. The van der Waals surface area contributed by atoms with E-state index in [4.69, 9.17) is 29.0 Å². The Morgan fingerprint density at radius 3 is 2.24 bits per heavy atom. The van der Waals surface area contributed by atoms with Crippen molar-refractivity contribution in [1.82, 2.24) is 40.1 Å². The topological polar surface area (TPSA) is 219 Å². The summed E-state index contributed by atoms with van der Waals surface area (Å²) in [6.07, 6.45) is 2.12. The third-order valence-electron chi connectivity index (χ3n) is 14.0. The summed E-state index contributed by atoms with van der Waals surface area (Å²) >= 11 is 0. The minimum Gasteiger partial charge on any atom is -0.492 e. The molecule has 2 saturated carbocycles. The fraction of sp³-hybridized carbons (Fsp3) is 0.667. The average Bonchev–Trinajstić information content (AvgIpc) is 3.50. The number of carbonyl (C=O) groups excluding carboxylic acids is 4. The molecule has 19 nitrogen and oxygen atoms in total. The van der Waals surface area contributed by atoms with Crippen LogP contribution in [0.3, 0.4) is 0 Å². The van der Waals surface area contributed by atoms with Crippen LogP contribution in [-0.2, 0) is 23.9 Å². The van der Waals surface area contributed by atoms with Crippen LogP contribution in [0.25, 0.3) is 16.7 Å². The summed E-state index contributed by atoms with van der Waals surface area (Å²) in [6, 6.07) is 7.07. The fourth-order valence-corrected chi connectivity index (χ4v) is 9.82. The third-order valence-corrected chi connectivity index (χ3v) is 14.0. The van der Waals surface area contributed by atoms with Gasteiger partial charge in [0.2, 0.25) is 11.8 Å². The van der Waals surface area contributed by atoms with Crippen LogP contribution in [-0.4, -0.2) is 152 Å². The highest BCUT2D eigenvalue weighted by Crippen LogP contribution is 2.46. The van der Waals surface area contributed by atoms with Gasteiger partial charge in [-0.1, -0.05) is 48.0 Å². The number of fused-ring (bicyclic) bond motifs is 1. The molecule has 2 aliphatic heterocycles. The Morgan fingerprint density at radius 1 is 0.929 bits per heavy atom. The number of carbonyl (C=O) groups is 5. The first-order chi connectivity index (χ1) is 32.9. The van der Waals surface area contributed by atoms with Crippen molar-refractivity contribution in [2.24, 2.45) is 23.2 Å². The number of amides is 4. The molecule has 19 heteroatoms. The van der Waals surface area contributed by atoms with Crippen molar-refractivity contribution < 1.29 is 48.0 Å². The van der Waals surface area contributed by atoms with E-state index in [1.807, 2.05) is 86.6 Å². The number of carboxylic acids is 1. The number of nitrogens with one attached hydrogen (secondary N) is 3. The second-order valence-electron chi connectivity index (χ2n) is 22.2. The zero-order valence-corrected chi connectivity index (χ0v) is 42.9. The molecule has 8 atom stereocenters. The van der Waals surface area contributed by atoms with Crippen molar-refractivity contribution in [3.63, 3.8) is 0 Å². The second-order valence-corrected chi connectivity index (χ2v) is 22.2. The summed E-state index contributed by atoms with van der Waals surface area (Å²) in [6.45, 7) is 24.8. The van der Waals surface area contributed by atoms with Crippen LogP contribution in [0.1, 0.15) is 108 Å². The zero-order valence-electron chi connectivity index (χ0n) is 42.9. The highest BCUT2D eigenvalue weighted by atomic mass is 16.6. The van der Waals surface area contributed by atoms with Gasteiger partial charge in [0, 0.05) is 75.0 Å². The number of benzene rings is 1. The second kappa shape index (κ2) is 20.9. The van der Waals surface area contributed by atoms with Crippen LogP contribution >= 0.6 is 0 Å². The number of hydrogen-bond acceptors (Lipinski definition) is 13. The maximum Gasteiger partial charge on any atom is 0.410 e. The lowest BCUT2D eigenvalue weighted by Gasteiger charge is -2.35. The van der Waals surface area contributed by atoms with Gasteiger partial charge in [0.25, 0.3) is 0 Å². The number of aromatic nitrogens is 3. The summed E-state index contributed by atoms with van der Waals surface area (Å²) in [5.74, 6) is 0.421. The quantitative estimate of drug-likeness (QED) is 0.121. The number of rotatable bonds is 16. The van der Waals surface area contributed by atoms with E-state index < -0.39 is 58.6 Å². The summed E-state index contributed by atoms with van der Waals surface area (Å²) < 4.78 is 26.2. The summed E-state index contributed by atoms with van der Waals surface area (Å²) in [5.41, 5.74) is -2.24. The van der Waals surface area contributed by atoms with Gasteiger partial charge < -0.3 is 49.8 Å². The van der Waals surface area contributed by atoms with E-state index >= 15 is 0 Å². The molecule has 0 radical (unpaired) electrons. The normalized spacial score (nSPS) is 25.4. The molecule has 3 aromatic rings. The number of carboxylic acid groups (broad SMARTS) is 1. The lowest BCUT2D eigenvalue weighted by atomic mass is 9.85. The van der Waals surface area contributed by atoms with Gasteiger partial charge in [-0.15, -0.1) is 5.10 Å². The SMILES string of the molecule is CC[C@@H]1C[C@]1(NC(=O)[C@@H]1C[C@@H](Oc2cc(-n3ccc(NC(C)C)n3)nc3cc(OCCN4CCN(C(=O)OC(C)(C)C)CC4)ccc23)CN1C(=O)[C@@H](NC(=O)OC1C[C@@H](C)[C@@H](C)C1)C(C)(C)C)C(=O)O. The number of likely N-dealkylation sites (tertiary alicyclic amines) is 1. The molecule has 0 bridgehead atoms. The predicted octanol–water partition coefficient (Wildman–Crippen LogP) is 6.47. The van der Waals surface area contributed by atoms with E-state index in [0.29, 0.717) is 91.6 Å². The maximum absolute atomic E-state index is 14.9. The van der Waals surface area contributed by atoms with E-state index in [2.05, 4.69) is 34.7 Å². The minimum absolute atomic E-state index is 0.0359. The highest BCUT2D eigenvalue weighted by Gasteiger charge is 2.61. The molecule has 4 heterocycles. The Balaban J connectivity index is 1.13. The number of nitrogens with zero attached hydrogens (tertiary/aromatic N) is 6. The summed E-state index contributed by atoms with van der Waals surface area (Å²) in [5, 5.41) is 24.6. The molecule has 2 saturated heterocycles. The number of ether oxygens (including phenoxy) is 4. The first-order valence-electron chi connectivity index (χ1n) is 25.0. The first-order valence-corrected chi connectivity index (χ1v) is 25.0. The molecule has 1 aromatic carbocycles. The van der Waals surface area contributed by atoms with E-state index in [0.717, 1.165) is 12.8 Å². The van der Waals surface area contributed by atoms with Crippen molar-refractivity contribution >= 4 is 46.7 Å². The minimum atomic E-state index is -1.43. The summed E-state index contributed by atoms with van der Waals surface area (Å²) in [7, 11) is 0. The monoisotopic (exact) mass is 974 g/mol. The largest absolute Gasteiger partial charge is 0.492 e. The predicted molar refractivity (Wildman–Crippen MR) is 263 cm³/mol. The van der Waals surface area contributed by atoms with Crippen LogP contribution in [0.4, 0.5) is 15.4 Å². The average molecular weight is 974 g/mol. The molecule has 4 amide bonds. The Morgan fingerprint density at radius 2 is 1.63 bits per heavy atom. The van der Waals surface area contributed by atoms with Gasteiger partial charge in [-0.3, -0.25) is 14.5 Å². The Kier molecular flexibility index (Phi) is 15.5. The number of piperazine rings is 1. The van der Waals surface area contributed by atoms with Crippen molar-refractivity contribution in [2.45, 2.75) is 150 Å². The van der Waals surface area contributed by atoms with Gasteiger partial charge in [-0.05, 0) is 89.2 Å². The van der Waals surface area contributed by atoms with E-state index in [-0.39, 0.29) is 43.5 Å². The van der Waals surface area contributed by atoms with Crippen molar-refractivity contribution in [1.29, 1.82) is 0 Å². The van der Waals surface area contributed by atoms with Gasteiger partial charge in [0.15, 0.2) is 5.82 Å². The van der Waals surface area contributed by atoms with Crippen LogP contribution in [0.15, 0.2) is 36.5 Å². The van der Waals surface area contributed by atoms with Crippen LogP contribution in [0.5, 0.6) is 11.5 Å². The molecule has 7 rings (SSSR count). The molecule has 4 N–H and O–H groups in total. The van der Waals surface area contributed by atoms with Crippen LogP contribution in [0.2, 0.25) is 0 Å². The first kappa shape index (κ1) is 52.0. The summed E-state index contributed by atoms with van der Waals surface area (Å²) in [4.78, 5) is 78.3. The molecule has 2 aromatic heterocycles. The molecule has 0 spiro atoms. The Bertz CT molecular complexity index is 2380. The lowest BCUT2D eigenvalue weighted by Crippen LogP contribution is -2.59. The van der Waals surface area contributed by atoms with Gasteiger partial charge in [-0.2, -0.15) is 0 Å². The zero-order chi connectivity index (χ0) is 50.9. The van der Waals surface area contributed by atoms with Crippen molar-refractivity contribution in [3.8, 4) is 17.3 Å². The van der Waals surface area contributed by atoms with Gasteiger partial charge in [0.1, 0.15) is 59.4 Å². The molecule has 2 aliphatic carbocycles. The van der Waals surface area contributed by atoms with E-state index in [1.54, 1.807) is 21.8 Å². The molecule has 384 valence electrons. The van der Waals surface area contributed by atoms with Crippen LogP contribution < -0.4 is 25.4 Å². The Labute approximate surface area is 411 Å². The van der Waals surface area contributed by atoms with Crippen molar-refractivity contribution in [3.05, 3.63) is 36.5 Å². The molecule has 4 fully saturated rings. The Hall–Kier alpha value is -5.85.